The molecule has 0 aromatic heterocycles. The lowest BCUT2D eigenvalue weighted by molar-refractivity contribution is 0.128. The maximum absolute atomic E-state index is 6.36. The van der Waals surface area contributed by atoms with Crippen molar-refractivity contribution in [2.75, 3.05) is 0 Å². The summed E-state index contributed by atoms with van der Waals surface area (Å²) in [5, 5.41) is 0. The van der Waals surface area contributed by atoms with Crippen molar-refractivity contribution in [2.24, 2.45) is 11.7 Å². The highest BCUT2D eigenvalue weighted by molar-refractivity contribution is 5.41. The molecule has 1 aromatic carbocycles. The van der Waals surface area contributed by atoms with E-state index in [0.29, 0.717) is 6.10 Å². The Bertz CT molecular complexity index is 419. The second kappa shape index (κ2) is 7.12. The van der Waals surface area contributed by atoms with Crippen LogP contribution in [-0.2, 0) is 6.42 Å². The van der Waals surface area contributed by atoms with E-state index in [4.69, 9.17) is 10.5 Å². The average Bonchev–Trinajstić information content (AvgIpc) is 2.43. The molecule has 0 spiro atoms. The third-order valence-electron chi connectivity index (χ3n) is 4.49. The molecule has 0 amide bonds. The Hall–Kier alpha value is -1.02. The fourth-order valence-electron chi connectivity index (χ4n) is 3.21. The first-order chi connectivity index (χ1) is 9.60. The zero-order valence-corrected chi connectivity index (χ0v) is 13.2. The molecule has 0 saturated heterocycles. The summed E-state index contributed by atoms with van der Waals surface area (Å²) >= 11 is 0. The Morgan fingerprint density at radius 1 is 1.25 bits per heavy atom. The molecule has 1 unspecified atom stereocenters. The van der Waals surface area contributed by atoms with Crippen molar-refractivity contribution in [1.82, 2.24) is 0 Å². The van der Waals surface area contributed by atoms with E-state index < -0.39 is 0 Å². The summed E-state index contributed by atoms with van der Waals surface area (Å²) < 4.78 is 6.36. The van der Waals surface area contributed by atoms with Crippen LogP contribution in [0.15, 0.2) is 18.2 Å². The minimum Gasteiger partial charge on any atom is -0.490 e. The smallest absolute Gasteiger partial charge is 0.125 e. The van der Waals surface area contributed by atoms with Crippen LogP contribution in [0, 0.1) is 12.8 Å². The molecule has 0 bridgehead atoms. The van der Waals surface area contributed by atoms with Gasteiger partial charge in [0.15, 0.2) is 0 Å². The molecule has 1 fully saturated rings. The normalized spacial score (nSPS) is 24.4. The first kappa shape index (κ1) is 15.4. The largest absolute Gasteiger partial charge is 0.490 e. The number of rotatable bonds is 5. The molecular weight excluding hydrogens is 246 g/mol. The van der Waals surface area contributed by atoms with Gasteiger partial charge in [0, 0.05) is 6.04 Å². The van der Waals surface area contributed by atoms with Crippen LogP contribution in [0.3, 0.4) is 0 Å². The summed E-state index contributed by atoms with van der Waals surface area (Å²) in [5.41, 5.74) is 8.46. The van der Waals surface area contributed by atoms with Crippen molar-refractivity contribution < 1.29 is 4.74 Å². The van der Waals surface area contributed by atoms with Crippen LogP contribution < -0.4 is 10.5 Å². The molecule has 1 aliphatic rings. The minimum atomic E-state index is 0.176. The molecule has 2 N–H and O–H groups in total. The molecule has 20 heavy (non-hydrogen) atoms. The lowest BCUT2D eigenvalue weighted by Crippen LogP contribution is -2.25. The molecule has 0 radical (unpaired) electrons. The van der Waals surface area contributed by atoms with Gasteiger partial charge in [-0.05, 0) is 63.0 Å². The summed E-state index contributed by atoms with van der Waals surface area (Å²) in [5.74, 6) is 2.00. The van der Waals surface area contributed by atoms with E-state index in [1.807, 2.05) is 0 Å². The molecule has 112 valence electrons. The first-order valence-electron chi connectivity index (χ1n) is 8.10. The molecule has 2 heteroatoms. The van der Waals surface area contributed by atoms with Crippen LogP contribution in [0.5, 0.6) is 5.75 Å². The predicted molar refractivity (Wildman–Crippen MR) is 85.2 cm³/mol. The second-order valence-electron chi connectivity index (χ2n) is 6.41. The highest BCUT2D eigenvalue weighted by Gasteiger charge is 2.22. The van der Waals surface area contributed by atoms with E-state index in [2.05, 4.69) is 39.0 Å². The second-order valence-corrected chi connectivity index (χ2v) is 6.41. The van der Waals surface area contributed by atoms with Crippen LogP contribution in [-0.4, -0.2) is 12.1 Å². The Morgan fingerprint density at radius 3 is 2.55 bits per heavy atom. The van der Waals surface area contributed by atoms with Crippen LogP contribution in [0.4, 0.5) is 0 Å². The topological polar surface area (TPSA) is 35.2 Å². The maximum atomic E-state index is 6.36. The minimum absolute atomic E-state index is 0.176. The summed E-state index contributed by atoms with van der Waals surface area (Å²) in [6.45, 7) is 6.49. The summed E-state index contributed by atoms with van der Waals surface area (Å²) in [4.78, 5) is 0. The molecule has 0 heterocycles. The lowest BCUT2D eigenvalue weighted by Gasteiger charge is -2.29. The Balaban J connectivity index is 2.05. The van der Waals surface area contributed by atoms with Crippen molar-refractivity contribution in [3.8, 4) is 5.75 Å². The monoisotopic (exact) mass is 275 g/mol. The Kier molecular flexibility index (Phi) is 5.47. The molecular formula is C18H29NO. The number of para-hydroxylation sites is 1. The standard InChI is InChI=1S/C18H29NO/c1-4-15-8-10-17(11-9-15)20-18-13(2)6-5-7-16(18)12-14(3)19/h5-7,14-15,17H,4,8-12,19H2,1-3H3. The highest BCUT2D eigenvalue weighted by Crippen LogP contribution is 2.32. The van der Waals surface area contributed by atoms with Gasteiger partial charge >= 0.3 is 0 Å². The van der Waals surface area contributed by atoms with Gasteiger partial charge < -0.3 is 10.5 Å². The van der Waals surface area contributed by atoms with Crippen LogP contribution in [0.25, 0.3) is 0 Å². The van der Waals surface area contributed by atoms with Crippen LogP contribution >= 0.6 is 0 Å². The van der Waals surface area contributed by atoms with Gasteiger partial charge in [-0.2, -0.15) is 0 Å². The van der Waals surface area contributed by atoms with Crippen LogP contribution in [0.1, 0.15) is 57.1 Å². The predicted octanol–water partition coefficient (Wildman–Crippen LogP) is 4.23. The van der Waals surface area contributed by atoms with E-state index >= 15 is 0 Å². The molecule has 1 aliphatic carbocycles. The molecule has 1 aromatic rings. The summed E-state index contributed by atoms with van der Waals surface area (Å²) in [6.07, 6.45) is 7.62. The van der Waals surface area contributed by atoms with Gasteiger partial charge in [0.1, 0.15) is 5.75 Å². The quantitative estimate of drug-likeness (QED) is 0.872. The molecule has 0 aliphatic heterocycles. The van der Waals surface area contributed by atoms with Crippen molar-refractivity contribution in [2.45, 2.75) is 71.4 Å². The number of benzene rings is 1. The number of nitrogens with two attached hydrogens (primary N) is 1. The average molecular weight is 275 g/mol. The molecule has 2 nitrogen and oxygen atoms in total. The highest BCUT2D eigenvalue weighted by atomic mass is 16.5. The van der Waals surface area contributed by atoms with Crippen molar-refractivity contribution >= 4 is 0 Å². The number of hydrogen-bond donors (Lipinski definition) is 1. The van der Waals surface area contributed by atoms with Gasteiger partial charge in [-0.1, -0.05) is 31.5 Å². The fraction of sp³-hybridized carbons (Fsp3) is 0.667. The first-order valence-corrected chi connectivity index (χ1v) is 8.10. The maximum Gasteiger partial charge on any atom is 0.125 e. The fourth-order valence-corrected chi connectivity index (χ4v) is 3.21. The van der Waals surface area contributed by atoms with Crippen LogP contribution in [0.2, 0.25) is 0 Å². The van der Waals surface area contributed by atoms with Gasteiger partial charge in [0.2, 0.25) is 0 Å². The SMILES string of the molecule is CCC1CCC(Oc2c(C)cccc2CC(C)N)CC1. The van der Waals surface area contributed by atoms with E-state index in [-0.39, 0.29) is 6.04 Å². The van der Waals surface area contributed by atoms with E-state index in [1.54, 1.807) is 0 Å². The molecule has 1 saturated carbocycles. The van der Waals surface area contributed by atoms with Gasteiger partial charge in [0.05, 0.1) is 6.10 Å². The van der Waals surface area contributed by atoms with Gasteiger partial charge in [-0.25, -0.2) is 0 Å². The van der Waals surface area contributed by atoms with Crippen molar-refractivity contribution in [3.05, 3.63) is 29.3 Å². The Labute approximate surface area is 123 Å². The van der Waals surface area contributed by atoms with Crippen molar-refractivity contribution in [3.63, 3.8) is 0 Å². The van der Waals surface area contributed by atoms with E-state index in [0.717, 1.165) is 18.1 Å². The Morgan fingerprint density at radius 2 is 1.95 bits per heavy atom. The molecule has 2 rings (SSSR count). The third-order valence-corrected chi connectivity index (χ3v) is 4.49. The summed E-state index contributed by atoms with van der Waals surface area (Å²) in [7, 11) is 0. The van der Waals surface area contributed by atoms with Crippen molar-refractivity contribution in [1.29, 1.82) is 0 Å². The lowest BCUT2D eigenvalue weighted by atomic mass is 9.86. The number of aryl methyl sites for hydroxylation is 1. The van der Waals surface area contributed by atoms with Gasteiger partial charge in [-0.3, -0.25) is 0 Å². The zero-order valence-electron chi connectivity index (χ0n) is 13.2. The third kappa shape index (κ3) is 3.99. The van der Waals surface area contributed by atoms with E-state index in [9.17, 15) is 0 Å². The number of ether oxygens (including phenoxy) is 1. The molecule has 1 atom stereocenters. The van der Waals surface area contributed by atoms with E-state index in [1.165, 1.54) is 43.2 Å². The zero-order chi connectivity index (χ0) is 14.5. The number of hydrogen-bond acceptors (Lipinski definition) is 2. The summed E-state index contributed by atoms with van der Waals surface area (Å²) in [6, 6.07) is 6.57. The van der Waals surface area contributed by atoms with Gasteiger partial charge in [0.25, 0.3) is 0 Å². The van der Waals surface area contributed by atoms with Gasteiger partial charge in [-0.15, -0.1) is 0 Å².